The first-order valence-corrected chi connectivity index (χ1v) is 4.10. The number of rotatable bonds is 0. The van der Waals surface area contributed by atoms with Gasteiger partial charge in [-0.1, -0.05) is 18.6 Å². The van der Waals surface area contributed by atoms with Crippen molar-refractivity contribution < 1.29 is 5.11 Å². The van der Waals surface area contributed by atoms with Crippen LogP contribution < -0.4 is 0 Å². The Kier molecular flexibility index (Phi) is 1.19. The summed E-state index contributed by atoms with van der Waals surface area (Å²) in [7, 11) is 0. The maximum Gasteiger partial charge on any atom is 0.0715 e. The minimum Gasteiger partial charge on any atom is -0.389 e. The molecule has 1 nitrogen and oxygen atoms in total. The maximum absolute atomic E-state index is 9.94. The van der Waals surface area contributed by atoms with E-state index < -0.39 is 0 Å². The molecule has 1 heteroatoms. The SMILES string of the molecule is C=C1CC2CCCC2(O)C1. The van der Waals surface area contributed by atoms with Gasteiger partial charge in [-0.15, -0.1) is 0 Å². The van der Waals surface area contributed by atoms with Crippen LogP contribution >= 0.6 is 0 Å². The highest BCUT2D eigenvalue weighted by Crippen LogP contribution is 2.48. The van der Waals surface area contributed by atoms with Crippen molar-refractivity contribution in [3.8, 4) is 0 Å². The third kappa shape index (κ3) is 0.734. The number of aliphatic hydroxyl groups is 1. The van der Waals surface area contributed by atoms with Gasteiger partial charge in [0, 0.05) is 0 Å². The Bertz CT molecular complexity index is 174. The van der Waals surface area contributed by atoms with E-state index in [0.29, 0.717) is 5.92 Å². The highest BCUT2D eigenvalue weighted by atomic mass is 16.3. The lowest BCUT2D eigenvalue weighted by Crippen LogP contribution is -2.26. The van der Waals surface area contributed by atoms with Crippen LogP contribution in [0, 0.1) is 5.92 Å². The van der Waals surface area contributed by atoms with Crippen molar-refractivity contribution in [2.24, 2.45) is 5.92 Å². The molecule has 0 aromatic heterocycles. The first-order valence-electron chi connectivity index (χ1n) is 4.10. The average Bonchev–Trinajstić information content (AvgIpc) is 2.20. The molecule has 0 saturated heterocycles. The van der Waals surface area contributed by atoms with E-state index in [1.807, 2.05) is 0 Å². The Morgan fingerprint density at radius 1 is 1.60 bits per heavy atom. The largest absolute Gasteiger partial charge is 0.389 e. The van der Waals surface area contributed by atoms with Crippen LogP contribution in [-0.2, 0) is 0 Å². The summed E-state index contributed by atoms with van der Waals surface area (Å²) in [6.45, 7) is 3.92. The zero-order chi connectivity index (χ0) is 7.19. The van der Waals surface area contributed by atoms with Crippen LogP contribution in [0.2, 0.25) is 0 Å². The van der Waals surface area contributed by atoms with Crippen LogP contribution in [-0.4, -0.2) is 10.7 Å². The Hall–Kier alpha value is -0.300. The van der Waals surface area contributed by atoms with Gasteiger partial charge in [0.05, 0.1) is 5.60 Å². The Morgan fingerprint density at radius 3 is 3.10 bits per heavy atom. The van der Waals surface area contributed by atoms with E-state index in [1.165, 1.54) is 18.4 Å². The number of fused-ring (bicyclic) bond motifs is 1. The number of hydrogen-bond donors (Lipinski definition) is 1. The van der Waals surface area contributed by atoms with E-state index in [2.05, 4.69) is 6.58 Å². The van der Waals surface area contributed by atoms with Crippen molar-refractivity contribution in [2.75, 3.05) is 0 Å². The molecule has 0 aliphatic heterocycles. The molecule has 56 valence electrons. The predicted octanol–water partition coefficient (Wildman–Crippen LogP) is 1.87. The van der Waals surface area contributed by atoms with Crippen LogP contribution in [0.1, 0.15) is 32.1 Å². The van der Waals surface area contributed by atoms with Crippen LogP contribution in [0.25, 0.3) is 0 Å². The molecule has 1 N–H and O–H groups in total. The third-order valence-electron chi connectivity index (χ3n) is 3.01. The zero-order valence-corrected chi connectivity index (χ0v) is 6.27. The third-order valence-corrected chi connectivity index (χ3v) is 3.01. The van der Waals surface area contributed by atoms with Gasteiger partial charge in [0.15, 0.2) is 0 Å². The Balaban J connectivity index is 2.22. The molecule has 2 aliphatic rings. The smallest absolute Gasteiger partial charge is 0.0715 e. The van der Waals surface area contributed by atoms with Gasteiger partial charge in [-0.05, 0) is 31.6 Å². The monoisotopic (exact) mass is 138 g/mol. The molecule has 10 heavy (non-hydrogen) atoms. The molecule has 2 saturated carbocycles. The van der Waals surface area contributed by atoms with E-state index in [0.717, 1.165) is 19.3 Å². The highest BCUT2D eigenvalue weighted by molar-refractivity contribution is 5.15. The summed E-state index contributed by atoms with van der Waals surface area (Å²) in [5.74, 6) is 0.556. The summed E-state index contributed by atoms with van der Waals surface area (Å²) < 4.78 is 0. The molecule has 0 amide bonds. The first-order chi connectivity index (χ1) is 4.71. The van der Waals surface area contributed by atoms with E-state index in [1.54, 1.807) is 0 Å². The Morgan fingerprint density at radius 2 is 2.40 bits per heavy atom. The van der Waals surface area contributed by atoms with Gasteiger partial charge >= 0.3 is 0 Å². The molecule has 0 radical (unpaired) electrons. The zero-order valence-electron chi connectivity index (χ0n) is 6.27. The van der Waals surface area contributed by atoms with E-state index >= 15 is 0 Å². The van der Waals surface area contributed by atoms with Gasteiger partial charge < -0.3 is 5.11 Å². The summed E-state index contributed by atoms with van der Waals surface area (Å²) in [5.41, 5.74) is 0.934. The maximum atomic E-state index is 9.94. The van der Waals surface area contributed by atoms with Gasteiger partial charge in [0.2, 0.25) is 0 Å². The summed E-state index contributed by atoms with van der Waals surface area (Å²) in [6.07, 6.45) is 5.40. The standard InChI is InChI=1S/C9H14O/c1-7-5-8-3-2-4-9(8,10)6-7/h8,10H,1-6H2. The minimum atomic E-state index is -0.322. The van der Waals surface area contributed by atoms with Crippen molar-refractivity contribution in [2.45, 2.75) is 37.7 Å². The minimum absolute atomic E-state index is 0.322. The molecule has 2 fully saturated rings. The van der Waals surface area contributed by atoms with Crippen molar-refractivity contribution in [3.05, 3.63) is 12.2 Å². The van der Waals surface area contributed by atoms with E-state index in [-0.39, 0.29) is 5.60 Å². The van der Waals surface area contributed by atoms with Crippen LogP contribution in [0.3, 0.4) is 0 Å². The molecule has 2 aliphatic carbocycles. The second-order valence-corrected chi connectivity index (χ2v) is 3.82. The van der Waals surface area contributed by atoms with Gasteiger partial charge in [-0.2, -0.15) is 0 Å². The van der Waals surface area contributed by atoms with Gasteiger partial charge in [0.1, 0.15) is 0 Å². The fourth-order valence-electron chi connectivity index (χ4n) is 2.51. The molecule has 0 bridgehead atoms. The summed E-state index contributed by atoms with van der Waals surface area (Å²) in [6, 6.07) is 0. The fraction of sp³-hybridized carbons (Fsp3) is 0.778. The molecule has 2 rings (SSSR count). The quantitative estimate of drug-likeness (QED) is 0.507. The van der Waals surface area contributed by atoms with E-state index in [9.17, 15) is 5.11 Å². The molecule has 2 atom stereocenters. The molecule has 0 heterocycles. The molecule has 0 aromatic carbocycles. The lowest BCUT2D eigenvalue weighted by molar-refractivity contribution is 0.0253. The first kappa shape index (κ1) is 6.41. The molecule has 2 unspecified atom stereocenters. The number of hydrogen-bond acceptors (Lipinski definition) is 1. The van der Waals surface area contributed by atoms with Crippen molar-refractivity contribution in [3.63, 3.8) is 0 Å². The molecular formula is C9H14O. The van der Waals surface area contributed by atoms with Crippen LogP contribution in [0.4, 0.5) is 0 Å². The van der Waals surface area contributed by atoms with Crippen molar-refractivity contribution >= 4 is 0 Å². The summed E-state index contributed by atoms with van der Waals surface area (Å²) in [4.78, 5) is 0. The van der Waals surface area contributed by atoms with E-state index in [4.69, 9.17) is 0 Å². The second-order valence-electron chi connectivity index (χ2n) is 3.82. The average molecular weight is 138 g/mol. The lowest BCUT2D eigenvalue weighted by atomic mass is 9.95. The molecule has 0 spiro atoms. The second kappa shape index (κ2) is 1.85. The highest BCUT2D eigenvalue weighted by Gasteiger charge is 2.45. The normalized spacial score (nSPS) is 46.1. The van der Waals surface area contributed by atoms with Crippen LogP contribution in [0.5, 0.6) is 0 Å². The van der Waals surface area contributed by atoms with Gasteiger partial charge in [-0.3, -0.25) is 0 Å². The molecule has 0 aromatic rings. The van der Waals surface area contributed by atoms with Crippen molar-refractivity contribution in [1.82, 2.24) is 0 Å². The van der Waals surface area contributed by atoms with Gasteiger partial charge in [0.25, 0.3) is 0 Å². The van der Waals surface area contributed by atoms with Gasteiger partial charge in [-0.25, -0.2) is 0 Å². The molecular weight excluding hydrogens is 124 g/mol. The fourth-order valence-corrected chi connectivity index (χ4v) is 2.51. The van der Waals surface area contributed by atoms with Crippen LogP contribution in [0.15, 0.2) is 12.2 Å². The van der Waals surface area contributed by atoms with Crippen molar-refractivity contribution in [1.29, 1.82) is 0 Å². The summed E-state index contributed by atoms with van der Waals surface area (Å²) >= 11 is 0. The summed E-state index contributed by atoms with van der Waals surface area (Å²) in [5, 5.41) is 9.94. The predicted molar refractivity (Wildman–Crippen MR) is 40.7 cm³/mol. The lowest BCUT2D eigenvalue weighted by Gasteiger charge is -2.20. The topological polar surface area (TPSA) is 20.2 Å². The Labute approximate surface area is 61.8 Å².